The summed E-state index contributed by atoms with van der Waals surface area (Å²) < 4.78 is 0.522. The molecule has 0 radical (unpaired) electrons. The Morgan fingerprint density at radius 1 is 1.30 bits per heavy atom. The number of likely N-dealkylation sites (tertiary alicyclic amines) is 1. The van der Waals surface area contributed by atoms with Gasteiger partial charge in [0.1, 0.15) is 10.5 Å². The maximum Gasteiger partial charge on any atom is 0.407 e. The molecule has 2 atom stereocenters. The smallest absolute Gasteiger partial charge is 0.407 e. The average molecular weight is 421 g/mol. The van der Waals surface area contributed by atoms with Gasteiger partial charge in [-0.05, 0) is 25.0 Å². The highest BCUT2D eigenvalue weighted by molar-refractivity contribution is 7.22. The highest BCUT2D eigenvalue weighted by atomic mass is 32.1. The summed E-state index contributed by atoms with van der Waals surface area (Å²) in [7, 11) is 0. The van der Waals surface area contributed by atoms with E-state index in [2.05, 4.69) is 20.2 Å². The zero-order valence-electron chi connectivity index (χ0n) is 16.1. The summed E-state index contributed by atoms with van der Waals surface area (Å²) in [6.45, 7) is 2.29. The van der Waals surface area contributed by atoms with Gasteiger partial charge in [-0.25, -0.2) is 9.78 Å². The topological polar surface area (TPSA) is 115 Å². The molecule has 9 heteroatoms. The number of aromatic nitrogens is 4. The minimum atomic E-state index is -1.01. The van der Waals surface area contributed by atoms with Crippen LogP contribution in [0.15, 0.2) is 47.4 Å². The lowest BCUT2D eigenvalue weighted by molar-refractivity contribution is 0.138. The number of nitrogens with one attached hydrogen (secondary N) is 2. The molecule has 1 aliphatic heterocycles. The lowest BCUT2D eigenvalue weighted by atomic mass is 9.96. The number of H-pyrrole nitrogens is 2. The Balaban J connectivity index is 1.55. The van der Waals surface area contributed by atoms with Crippen molar-refractivity contribution in [3.63, 3.8) is 0 Å². The van der Waals surface area contributed by atoms with Crippen LogP contribution in [0.2, 0.25) is 0 Å². The number of carbonyl (C=O) groups is 1. The first-order chi connectivity index (χ1) is 14.5. The van der Waals surface area contributed by atoms with Crippen LogP contribution in [0.4, 0.5) is 4.79 Å². The molecule has 1 aliphatic rings. The van der Waals surface area contributed by atoms with Crippen molar-refractivity contribution in [1.29, 1.82) is 0 Å². The number of rotatable bonds is 3. The van der Waals surface area contributed by atoms with Crippen molar-refractivity contribution in [1.82, 2.24) is 25.1 Å². The van der Waals surface area contributed by atoms with E-state index in [9.17, 15) is 14.7 Å². The molecule has 1 saturated heterocycles. The fourth-order valence-corrected chi connectivity index (χ4v) is 5.18. The minimum Gasteiger partial charge on any atom is -0.465 e. The van der Waals surface area contributed by atoms with Crippen LogP contribution in [-0.2, 0) is 0 Å². The number of aromatic amines is 2. The molecule has 1 fully saturated rings. The first-order valence-electron chi connectivity index (χ1n) is 9.60. The molecule has 152 valence electrons. The SMILES string of the molecule is Cc1[nH]ncc1-c1cc2nc([C@@H]3C[C@H](c4ccccc4)CN3C(=O)O)[nH]c(=O)c2s1. The first-order valence-corrected chi connectivity index (χ1v) is 10.4. The number of carboxylic acid groups (broad SMARTS) is 1. The van der Waals surface area contributed by atoms with Gasteiger partial charge in [-0.15, -0.1) is 11.3 Å². The van der Waals surface area contributed by atoms with E-state index < -0.39 is 12.1 Å². The van der Waals surface area contributed by atoms with Crippen molar-refractivity contribution in [2.75, 3.05) is 6.54 Å². The quantitative estimate of drug-likeness (QED) is 0.464. The maximum atomic E-state index is 12.8. The second-order valence-corrected chi connectivity index (χ2v) is 8.53. The van der Waals surface area contributed by atoms with Gasteiger partial charge in [-0.3, -0.25) is 14.8 Å². The number of benzene rings is 1. The molecule has 0 saturated carbocycles. The average Bonchev–Trinajstić information content (AvgIpc) is 3.46. The zero-order valence-corrected chi connectivity index (χ0v) is 16.9. The summed E-state index contributed by atoms with van der Waals surface area (Å²) in [5.74, 6) is 0.446. The largest absolute Gasteiger partial charge is 0.465 e. The molecule has 1 amide bonds. The van der Waals surface area contributed by atoms with Crippen molar-refractivity contribution < 1.29 is 9.90 Å². The molecule has 30 heavy (non-hydrogen) atoms. The van der Waals surface area contributed by atoms with Crippen LogP contribution in [0.25, 0.3) is 20.7 Å². The summed E-state index contributed by atoms with van der Waals surface area (Å²) in [4.78, 5) is 34.4. The fraction of sp³-hybridized carbons (Fsp3) is 0.238. The monoisotopic (exact) mass is 421 g/mol. The minimum absolute atomic E-state index is 0.0555. The zero-order chi connectivity index (χ0) is 20.8. The number of fused-ring (bicyclic) bond motifs is 1. The van der Waals surface area contributed by atoms with E-state index in [1.165, 1.54) is 16.2 Å². The third-order valence-electron chi connectivity index (χ3n) is 5.63. The predicted molar refractivity (Wildman–Crippen MR) is 114 cm³/mol. The Labute approximate surface area is 175 Å². The molecule has 1 aromatic carbocycles. The highest BCUT2D eigenvalue weighted by Crippen LogP contribution is 2.40. The lowest BCUT2D eigenvalue weighted by Gasteiger charge is -2.20. The Bertz CT molecular complexity index is 1290. The number of aryl methyl sites for hydroxylation is 1. The molecule has 0 unspecified atom stereocenters. The van der Waals surface area contributed by atoms with E-state index in [0.717, 1.165) is 21.7 Å². The Kier molecular flexibility index (Phi) is 4.39. The van der Waals surface area contributed by atoms with Gasteiger partial charge in [-0.1, -0.05) is 30.3 Å². The van der Waals surface area contributed by atoms with E-state index in [-0.39, 0.29) is 11.5 Å². The molecular weight excluding hydrogens is 402 g/mol. The van der Waals surface area contributed by atoms with E-state index in [1.807, 2.05) is 43.3 Å². The summed E-state index contributed by atoms with van der Waals surface area (Å²) in [5, 5.41) is 16.7. The maximum absolute atomic E-state index is 12.8. The summed E-state index contributed by atoms with van der Waals surface area (Å²) >= 11 is 1.36. The summed E-state index contributed by atoms with van der Waals surface area (Å²) in [6.07, 6.45) is 1.28. The van der Waals surface area contributed by atoms with Gasteiger partial charge in [0.25, 0.3) is 5.56 Å². The third kappa shape index (κ3) is 3.07. The van der Waals surface area contributed by atoms with Gasteiger partial charge in [0.05, 0.1) is 17.8 Å². The second kappa shape index (κ2) is 7.10. The Morgan fingerprint density at radius 2 is 2.10 bits per heavy atom. The van der Waals surface area contributed by atoms with E-state index in [0.29, 0.717) is 29.0 Å². The van der Waals surface area contributed by atoms with Crippen LogP contribution in [0, 0.1) is 6.92 Å². The molecule has 0 aliphatic carbocycles. The Morgan fingerprint density at radius 3 is 2.80 bits per heavy atom. The number of hydrogen-bond acceptors (Lipinski definition) is 5. The van der Waals surface area contributed by atoms with Crippen LogP contribution < -0.4 is 5.56 Å². The predicted octanol–water partition coefficient (Wildman–Crippen LogP) is 3.89. The van der Waals surface area contributed by atoms with E-state index in [4.69, 9.17) is 0 Å². The summed E-state index contributed by atoms with van der Waals surface area (Å²) in [6, 6.07) is 11.2. The van der Waals surface area contributed by atoms with Crippen molar-refractivity contribution >= 4 is 27.6 Å². The summed E-state index contributed by atoms with van der Waals surface area (Å²) in [5.41, 5.74) is 3.25. The van der Waals surface area contributed by atoms with Crippen molar-refractivity contribution in [3.8, 4) is 10.4 Å². The standard InChI is InChI=1S/C21H19N5O3S/c1-11-14(9-22-25-11)17-8-15-18(30-17)20(27)24-19(23-15)16-7-13(10-26(16)21(28)29)12-5-3-2-4-6-12/h2-6,8-9,13,16H,7,10H2,1H3,(H,22,25)(H,28,29)(H,23,24,27)/t13-,16-/m0/s1. The molecule has 0 spiro atoms. The number of thiophene rings is 1. The van der Waals surface area contributed by atoms with E-state index in [1.54, 1.807) is 6.20 Å². The molecule has 3 N–H and O–H groups in total. The Hall–Kier alpha value is -3.46. The highest BCUT2D eigenvalue weighted by Gasteiger charge is 2.38. The van der Waals surface area contributed by atoms with Gasteiger partial charge in [0.2, 0.25) is 0 Å². The molecule has 8 nitrogen and oxygen atoms in total. The molecule has 4 aromatic rings. The number of hydrogen-bond donors (Lipinski definition) is 3. The van der Waals surface area contributed by atoms with Crippen LogP contribution in [0.3, 0.4) is 0 Å². The number of amides is 1. The van der Waals surface area contributed by atoms with Crippen LogP contribution in [0.5, 0.6) is 0 Å². The van der Waals surface area contributed by atoms with Crippen molar-refractivity contribution in [2.24, 2.45) is 0 Å². The fourth-order valence-electron chi connectivity index (χ4n) is 4.12. The van der Waals surface area contributed by atoms with Gasteiger partial charge >= 0.3 is 6.09 Å². The van der Waals surface area contributed by atoms with Gasteiger partial charge in [0.15, 0.2) is 0 Å². The van der Waals surface area contributed by atoms with Crippen molar-refractivity contribution in [3.05, 3.63) is 70.0 Å². The molecule has 4 heterocycles. The van der Waals surface area contributed by atoms with Crippen molar-refractivity contribution in [2.45, 2.75) is 25.3 Å². The molecule has 3 aromatic heterocycles. The molecule has 0 bridgehead atoms. The molecule has 5 rings (SSSR count). The van der Waals surface area contributed by atoms with Gasteiger partial charge < -0.3 is 10.1 Å². The number of nitrogens with zero attached hydrogens (tertiary/aromatic N) is 3. The van der Waals surface area contributed by atoms with Gasteiger partial charge in [-0.2, -0.15) is 5.10 Å². The second-order valence-electron chi connectivity index (χ2n) is 7.48. The first kappa shape index (κ1) is 18.6. The lowest BCUT2D eigenvalue weighted by Crippen LogP contribution is -2.31. The van der Waals surface area contributed by atoms with E-state index >= 15 is 0 Å². The van der Waals surface area contributed by atoms with Crippen LogP contribution in [-0.4, -0.2) is 42.8 Å². The van der Waals surface area contributed by atoms with Crippen LogP contribution >= 0.6 is 11.3 Å². The normalized spacial score (nSPS) is 18.9. The van der Waals surface area contributed by atoms with Gasteiger partial charge in [0, 0.05) is 28.6 Å². The third-order valence-corrected chi connectivity index (χ3v) is 6.79. The molecular formula is C21H19N5O3S. The van der Waals surface area contributed by atoms with Crippen LogP contribution in [0.1, 0.15) is 35.5 Å².